The summed E-state index contributed by atoms with van der Waals surface area (Å²) in [5.41, 5.74) is -0.598. The van der Waals surface area contributed by atoms with Gasteiger partial charge in [-0.25, -0.2) is 0 Å². The molecule has 0 aliphatic rings. The van der Waals surface area contributed by atoms with Gasteiger partial charge in [0.25, 0.3) is 0 Å². The second kappa shape index (κ2) is 9.08. The maximum atomic E-state index is 10.1. The van der Waals surface area contributed by atoms with Crippen LogP contribution >= 0.6 is 11.8 Å². The fourth-order valence-corrected chi connectivity index (χ4v) is 2.47. The number of rotatable bonds is 10. The van der Waals surface area contributed by atoms with Crippen LogP contribution in [0.4, 0.5) is 0 Å². The SMILES string of the molecule is C=CCCC(CCC)NCC(C)(O)CSC. The molecule has 0 heterocycles. The first kappa shape index (κ1) is 16.0. The molecule has 0 amide bonds. The molecule has 0 saturated carbocycles. The summed E-state index contributed by atoms with van der Waals surface area (Å²) in [5.74, 6) is 0.778. The first-order valence-electron chi connectivity index (χ1n) is 6.11. The van der Waals surface area contributed by atoms with E-state index < -0.39 is 5.60 Å². The van der Waals surface area contributed by atoms with Crippen LogP contribution in [-0.4, -0.2) is 35.3 Å². The molecule has 2 unspecified atom stereocenters. The molecule has 0 aromatic rings. The molecular weight excluding hydrogens is 218 g/mol. The van der Waals surface area contributed by atoms with Crippen molar-refractivity contribution in [1.82, 2.24) is 5.32 Å². The van der Waals surface area contributed by atoms with Gasteiger partial charge in [-0.3, -0.25) is 0 Å². The van der Waals surface area contributed by atoms with Gasteiger partial charge in [0.1, 0.15) is 0 Å². The molecule has 16 heavy (non-hydrogen) atoms. The van der Waals surface area contributed by atoms with Crippen LogP contribution in [0.25, 0.3) is 0 Å². The van der Waals surface area contributed by atoms with Crippen LogP contribution in [0.15, 0.2) is 12.7 Å². The molecule has 2 N–H and O–H groups in total. The van der Waals surface area contributed by atoms with Gasteiger partial charge in [0.2, 0.25) is 0 Å². The summed E-state index contributed by atoms with van der Waals surface area (Å²) in [6.45, 7) is 8.52. The minimum absolute atomic E-state index is 0.510. The summed E-state index contributed by atoms with van der Waals surface area (Å²) in [4.78, 5) is 0. The third-order valence-electron chi connectivity index (χ3n) is 2.58. The van der Waals surface area contributed by atoms with Crippen LogP contribution in [0, 0.1) is 0 Å². The molecule has 3 heteroatoms. The van der Waals surface area contributed by atoms with E-state index >= 15 is 0 Å². The van der Waals surface area contributed by atoms with Crippen LogP contribution in [0.2, 0.25) is 0 Å². The molecule has 96 valence electrons. The van der Waals surface area contributed by atoms with Crippen LogP contribution in [-0.2, 0) is 0 Å². The fourth-order valence-electron chi connectivity index (χ4n) is 1.74. The Morgan fingerprint density at radius 2 is 2.19 bits per heavy atom. The molecule has 0 aliphatic heterocycles. The summed E-state index contributed by atoms with van der Waals surface area (Å²) in [7, 11) is 0. The third-order valence-corrected chi connectivity index (χ3v) is 3.49. The number of hydrogen-bond donors (Lipinski definition) is 2. The Hall–Kier alpha value is 0.0100. The zero-order valence-electron chi connectivity index (χ0n) is 11.0. The molecule has 0 rings (SSSR count). The van der Waals surface area contributed by atoms with Crippen molar-refractivity contribution >= 4 is 11.8 Å². The maximum Gasteiger partial charge on any atom is 0.0833 e. The normalized spacial score (nSPS) is 16.8. The van der Waals surface area contributed by atoms with Crippen molar-refractivity contribution in [1.29, 1.82) is 0 Å². The maximum absolute atomic E-state index is 10.1. The van der Waals surface area contributed by atoms with Crippen LogP contribution < -0.4 is 5.32 Å². The fraction of sp³-hybridized carbons (Fsp3) is 0.846. The van der Waals surface area contributed by atoms with E-state index in [1.54, 1.807) is 11.8 Å². The Balaban J connectivity index is 3.93. The minimum Gasteiger partial charge on any atom is -0.388 e. The zero-order valence-corrected chi connectivity index (χ0v) is 11.8. The van der Waals surface area contributed by atoms with E-state index in [2.05, 4.69) is 18.8 Å². The van der Waals surface area contributed by atoms with Gasteiger partial charge < -0.3 is 10.4 Å². The highest BCUT2D eigenvalue weighted by Crippen LogP contribution is 2.11. The van der Waals surface area contributed by atoms with E-state index in [0.717, 1.165) is 18.6 Å². The number of allylic oxidation sites excluding steroid dienone is 1. The van der Waals surface area contributed by atoms with Gasteiger partial charge in [-0.05, 0) is 32.4 Å². The van der Waals surface area contributed by atoms with Crippen molar-refractivity contribution in [3.8, 4) is 0 Å². The lowest BCUT2D eigenvalue weighted by Gasteiger charge is -2.26. The van der Waals surface area contributed by atoms with E-state index in [9.17, 15) is 5.11 Å². The lowest BCUT2D eigenvalue weighted by atomic mass is 10.0. The van der Waals surface area contributed by atoms with Crippen molar-refractivity contribution in [2.45, 2.75) is 51.2 Å². The van der Waals surface area contributed by atoms with E-state index in [1.807, 2.05) is 19.3 Å². The Bertz CT molecular complexity index is 183. The second-order valence-electron chi connectivity index (χ2n) is 4.66. The Morgan fingerprint density at radius 1 is 1.50 bits per heavy atom. The molecule has 0 saturated heterocycles. The Labute approximate surface area is 105 Å². The smallest absolute Gasteiger partial charge is 0.0833 e. The van der Waals surface area contributed by atoms with Gasteiger partial charge in [-0.15, -0.1) is 6.58 Å². The third kappa shape index (κ3) is 8.20. The van der Waals surface area contributed by atoms with E-state index in [4.69, 9.17) is 0 Å². The Morgan fingerprint density at radius 3 is 2.69 bits per heavy atom. The number of thioether (sulfide) groups is 1. The monoisotopic (exact) mass is 245 g/mol. The zero-order chi connectivity index (χ0) is 12.4. The van der Waals surface area contributed by atoms with Gasteiger partial charge in [-0.1, -0.05) is 19.4 Å². The minimum atomic E-state index is -0.598. The molecule has 0 bridgehead atoms. The van der Waals surface area contributed by atoms with Crippen molar-refractivity contribution in [3.05, 3.63) is 12.7 Å². The van der Waals surface area contributed by atoms with Gasteiger partial charge in [0.15, 0.2) is 0 Å². The Kier molecular flexibility index (Phi) is 9.09. The lowest BCUT2D eigenvalue weighted by molar-refractivity contribution is 0.0806. The molecule has 2 nitrogen and oxygen atoms in total. The van der Waals surface area contributed by atoms with Crippen LogP contribution in [0.3, 0.4) is 0 Å². The average molecular weight is 245 g/mol. The van der Waals surface area contributed by atoms with Crippen molar-refractivity contribution in [2.75, 3.05) is 18.6 Å². The van der Waals surface area contributed by atoms with E-state index in [1.165, 1.54) is 12.8 Å². The summed E-state index contributed by atoms with van der Waals surface area (Å²) in [5, 5.41) is 13.5. The van der Waals surface area contributed by atoms with Crippen LogP contribution in [0.5, 0.6) is 0 Å². The molecule has 0 radical (unpaired) electrons. The van der Waals surface area contributed by atoms with E-state index in [0.29, 0.717) is 12.6 Å². The van der Waals surface area contributed by atoms with Gasteiger partial charge >= 0.3 is 0 Å². The van der Waals surface area contributed by atoms with Crippen molar-refractivity contribution < 1.29 is 5.11 Å². The largest absolute Gasteiger partial charge is 0.388 e. The molecule has 2 atom stereocenters. The molecule has 0 aromatic carbocycles. The van der Waals surface area contributed by atoms with E-state index in [-0.39, 0.29) is 0 Å². The average Bonchev–Trinajstić information content (AvgIpc) is 2.22. The van der Waals surface area contributed by atoms with Crippen LogP contribution in [0.1, 0.15) is 39.5 Å². The van der Waals surface area contributed by atoms with Crippen molar-refractivity contribution in [3.63, 3.8) is 0 Å². The number of nitrogens with one attached hydrogen (secondary N) is 1. The number of hydrogen-bond acceptors (Lipinski definition) is 3. The molecule has 0 aliphatic carbocycles. The summed E-state index contributed by atoms with van der Waals surface area (Å²) < 4.78 is 0. The highest BCUT2D eigenvalue weighted by molar-refractivity contribution is 7.98. The molecule has 0 fully saturated rings. The standard InChI is InChI=1S/C13H27NOS/c1-5-7-9-12(8-6-2)14-10-13(3,15)11-16-4/h5,12,14-15H,1,6-11H2,2-4H3. The van der Waals surface area contributed by atoms with Crippen molar-refractivity contribution in [2.24, 2.45) is 0 Å². The quantitative estimate of drug-likeness (QED) is 0.581. The first-order valence-corrected chi connectivity index (χ1v) is 7.50. The lowest BCUT2D eigenvalue weighted by Crippen LogP contribution is -2.44. The number of aliphatic hydroxyl groups is 1. The topological polar surface area (TPSA) is 32.3 Å². The highest BCUT2D eigenvalue weighted by Gasteiger charge is 2.20. The predicted octanol–water partition coefficient (Wildman–Crippen LogP) is 2.82. The first-order chi connectivity index (χ1) is 7.55. The highest BCUT2D eigenvalue weighted by atomic mass is 32.2. The molecular formula is C13H27NOS. The predicted molar refractivity (Wildman–Crippen MR) is 75.1 cm³/mol. The second-order valence-corrected chi connectivity index (χ2v) is 5.53. The summed E-state index contributed by atoms with van der Waals surface area (Å²) in [6, 6.07) is 0.510. The summed E-state index contributed by atoms with van der Waals surface area (Å²) >= 11 is 1.69. The summed E-state index contributed by atoms with van der Waals surface area (Å²) in [6.07, 6.45) is 8.50. The van der Waals surface area contributed by atoms with Gasteiger partial charge in [-0.2, -0.15) is 11.8 Å². The molecule has 0 spiro atoms. The van der Waals surface area contributed by atoms with Gasteiger partial charge in [0.05, 0.1) is 5.60 Å². The van der Waals surface area contributed by atoms with Gasteiger partial charge in [0, 0.05) is 18.3 Å². The molecule has 0 aromatic heterocycles.